The first-order valence-corrected chi connectivity index (χ1v) is 9.08. The van der Waals surface area contributed by atoms with Crippen LogP contribution in [-0.2, 0) is 6.42 Å². The zero-order chi connectivity index (χ0) is 18.8. The summed E-state index contributed by atoms with van der Waals surface area (Å²) in [7, 11) is 0. The third-order valence-electron chi connectivity index (χ3n) is 4.17. The van der Waals surface area contributed by atoms with Gasteiger partial charge in [-0.15, -0.1) is 0 Å². The number of allylic oxidation sites excluding steroid dienone is 5. The Bertz CT molecular complexity index is 749. The minimum Gasteiger partial charge on any atom is -0.385 e. The second-order valence-electron chi connectivity index (χ2n) is 6.23. The monoisotopic (exact) mass is 348 g/mol. The summed E-state index contributed by atoms with van der Waals surface area (Å²) in [6.45, 7) is 13.0. The van der Waals surface area contributed by atoms with E-state index in [1.165, 1.54) is 5.57 Å². The second-order valence-corrected chi connectivity index (χ2v) is 6.23. The number of hydrogen-bond donors (Lipinski definition) is 1. The van der Waals surface area contributed by atoms with E-state index in [0.29, 0.717) is 6.42 Å². The molecule has 0 saturated carbocycles. The average molecular weight is 348 g/mol. The number of rotatable bonds is 9. The molecule has 0 amide bonds. The Hall–Kier alpha value is -2.75. The fraction of sp³-hybridized carbons (Fsp3) is 0.318. The predicted molar refractivity (Wildman–Crippen MR) is 111 cm³/mol. The van der Waals surface area contributed by atoms with E-state index in [1.807, 2.05) is 19.9 Å². The Morgan fingerprint density at radius 2 is 2.08 bits per heavy atom. The summed E-state index contributed by atoms with van der Waals surface area (Å²) in [6.07, 6.45) is 17.6. The van der Waals surface area contributed by atoms with Crippen LogP contribution in [0.3, 0.4) is 0 Å². The van der Waals surface area contributed by atoms with Crippen molar-refractivity contribution in [2.24, 2.45) is 4.99 Å². The summed E-state index contributed by atoms with van der Waals surface area (Å²) in [4.78, 5) is 13.2. The van der Waals surface area contributed by atoms with Gasteiger partial charge in [0.2, 0.25) is 0 Å². The van der Waals surface area contributed by atoms with Crippen molar-refractivity contribution in [3.8, 4) is 0 Å². The fourth-order valence-corrected chi connectivity index (χ4v) is 2.48. The van der Waals surface area contributed by atoms with Crippen LogP contribution in [0.15, 0.2) is 71.8 Å². The smallest absolute Gasteiger partial charge is 0.127 e. The van der Waals surface area contributed by atoms with Gasteiger partial charge in [-0.1, -0.05) is 50.0 Å². The molecule has 2 rings (SSSR count). The highest BCUT2D eigenvalue weighted by atomic mass is 14.9. The zero-order valence-electron chi connectivity index (χ0n) is 15.8. The maximum atomic E-state index is 4.55. The third-order valence-corrected chi connectivity index (χ3v) is 4.17. The van der Waals surface area contributed by atoms with E-state index < -0.39 is 0 Å². The molecule has 4 nitrogen and oxygen atoms in total. The van der Waals surface area contributed by atoms with Gasteiger partial charge < -0.3 is 5.32 Å². The van der Waals surface area contributed by atoms with Crippen molar-refractivity contribution in [3.63, 3.8) is 0 Å². The fourth-order valence-electron chi connectivity index (χ4n) is 2.48. The molecule has 0 fully saturated rings. The molecule has 1 aromatic heterocycles. The van der Waals surface area contributed by atoms with Crippen LogP contribution in [-0.4, -0.2) is 22.7 Å². The lowest BCUT2D eigenvalue weighted by Crippen LogP contribution is -2.16. The summed E-state index contributed by atoms with van der Waals surface area (Å²) >= 11 is 0. The molecule has 26 heavy (non-hydrogen) atoms. The quantitative estimate of drug-likeness (QED) is 0.652. The van der Waals surface area contributed by atoms with E-state index in [-0.39, 0.29) is 0 Å². The molecule has 0 spiro atoms. The first kappa shape index (κ1) is 19.6. The number of aromatic nitrogens is 2. The minimum absolute atomic E-state index is 0.689. The summed E-state index contributed by atoms with van der Waals surface area (Å²) < 4.78 is 0. The normalized spacial score (nSPS) is 14.4. The summed E-state index contributed by atoms with van der Waals surface area (Å²) in [6, 6.07) is 0. The predicted octanol–water partition coefficient (Wildman–Crippen LogP) is 4.80. The highest BCUT2D eigenvalue weighted by molar-refractivity contribution is 6.08. The summed E-state index contributed by atoms with van der Waals surface area (Å²) in [5.41, 5.74) is 5.00. The van der Waals surface area contributed by atoms with Crippen molar-refractivity contribution in [2.75, 3.05) is 6.54 Å². The topological polar surface area (TPSA) is 50.2 Å². The number of hydrogen-bond acceptors (Lipinski definition) is 4. The molecule has 0 unspecified atom stereocenters. The molecule has 1 aliphatic rings. The van der Waals surface area contributed by atoms with Crippen molar-refractivity contribution in [1.29, 1.82) is 0 Å². The molecule has 1 N–H and O–H groups in total. The second kappa shape index (κ2) is 10.3. The van der Waals surface area contributed by atoms with E-state index in [9.17, 15) is 0 Å². The lowest BCUT2D eigenvalue weighted by molar-refractivity contribution is 0.788. The Morgan fingerprint density at radius 1 is 1.31 bits per heavy atom. The molecule has 1 heterocycles. The van der Waals surface area contributed by atoms with Crippen molar-refractivity contribution < 1.29 is 0 Å². The number of aliphatic imine (C=N–C) groups is 1. The van der Waals surface area contributed by atoms with Crippen molar-refractivity contribution >= 4 is 11.8 Å². The summed E-state index contributed by atoms with van der Waals surface area (Å²) in [5, 5.41) is 3.40. The average Bonchev–Trinajstić information content (AvgIpc) is 2.70. The summed E-state index contributed by atoms with van der Waals surface area (Å²) in [5.74, 6) is 0.832. The standard InChI is InChI=1S/C22H28N4/c1-5-21(12-18(4)23-14-19-10-8-7-9-11-19)24-13-17(3)20-15-25-22(6-2)26-16-20/h5,7-8,10,13,15-16,23H,3-4,6,9,11-12,14H2,1-2H3/b21-5-,24-13?. The molecular weight excluding hydrogens is 320 g/mol. The molecule has 0 bridgehead atoms. The third kappa shape index (κ3) is 6.28. The Kier molecular flexibility index (Phi) is 7.75. The van der Waals surface area contributed by atoms with Crippen LogP contribution in [0.5, 0.6) is 0 Å². The van der Waals surface area contributed by atoms with E-state index in [0.717, 1.165) is 54.2 Å². The first-order valence-electron chi connectivity index (χ1n) is 9.08. The molecule has 0 atom stereocenters. The Balaban J connectivity index is 1.86. The van der Waals surface area contributed by atoms with Gasteiger partial charge in [0.15, 0.2) is 0 Å². The van der Waals surface area contributed by atoms with Crippen molar-refractivity contribution in [2.45, 2.75) is 39.5 Å². The van der Waals surface area contributed by atoms with E-state index >= 15 is 0 Å². The van der Waals surface area contributed by atoms with Gasteiger partial charge in [0.1, 0.15) is 5.82 Å². The van der Waals surface area contributed by atoms with E-state index in [2.05, 4.69) is 51.7 Å². The molecular formula is C22H28N4. The van der Waals surface area contributed by atoms with Gasteiger partial charge in [0.25, 0.3) is 0 Å². The first-order chi connectivity index (χ1) is 12.6. The molecule has 0 aromatic carbocycles. The van der Waals surface area contributed by atoms with Crippen LogP contribution in [0.1, 0.15) is 44.5 Å². The van der Waals surface area contributed by atoms with E-state index in [4.69, 9.17) is 0 Å². The minimum atomic E-state index is 0.689. The van der Waals surface area contributed by atoms with Crippen LogP contribution in [0.4, 0.5) is 0 Å². The number of nitrogens with zero attached hydrogens (tertiary/aromatic N) is 3. The highest BCUT2D eigenvalue weighted by Crippen LogP contribution is 2.14. The van der Waals surface area contributed by atoms with Crippen molar-refractivity contribution in [1.82, 2.24) is 15.3 Å². The van der Waals surface area contributed by atoms with Crippen LogP contribution in [0.2, 0.25) is 0 Å². The van der Waals surface area contributed by atoms with Gasteiger partial charge in [0.05, 0.1) is 0 Å². The molecule has 1 aromatic rings. The van der Waals surface area contributed by atoms with Crippen LogP contribution >= 0.6 is 0 Å². The van der Waals surface area contributed by atoms with Gasteiger partial charge in [-0.05, 0) is 25.3 Å². The van der Waals surface area contributed by atoms with Crippen molar-refractivity contribution in [3.05, 3.63) is 78.2 Å². The lowest BCUT2D eigenvalue weighted by Gasteiger charge is -2.13. The van der Waals surface area contributed by atoms with E-state index in [1.54, 1.807) is 18.6 Å². The number of aryl methyl sites for hydroxylation is 1. The molecule has 0 aliphatic heterocycles. The van der Waals surface area contributed by atoms with Gasteiger partial charge >= 0.3 is 0 Å². The molecule has 4 heteroatoms. The van der Waals surface area contributed by atoms with Gasteiger partial charge in [-0.3, -0.25) is 4.99 Å². The lowest BCUT2D eigenvalue weighted by atomic mass is 10.1. The largest absolute Gasteiger partial charge is 0.385 e. The maximum Gasteiger partial charge on any atom is 0.127 e. The maximum absolute atomic E-state index is 4.55. The molecule has 136 valence electrons. The molecule has 0 radical (unpaired) electrons. The van der Waals surface area contributed by atoms with Crippen LogP contribution in [0, 0.1) is 0 Å². The Labute approximate surface area is 156 Å². The number of nitrogens with one attached hydrogen (secondary N) is 1. The zero-order valence-corrected chi connectivity index (χ0v) is 15.8. The van der Waals surface area contributed by atoms with Crippen LogP contribution in [0.25, 0.3) is 5.57 Å². The van der Waals surface area contributed by atoms with Gasteiger partial charge in [-0.2, -0.15) is 0 Å². The highest BCUT2D eigenvalue weighted by Gasteiger charge is 2.03. The van der Waals surface area contributed by atoms with Crippen LogP contribution < -0.4 is 5.32 Å². The van der Waals surface area contributed by atoms with Gasteiger partial charge in [-0.25, -0.2) is 9.97 Å². The van der Waals surface area contributed by atoms with Gasteiger partial charge in [0, 0.05) is 55.0 Å². The molecule has 0 saturated heterocycles. The SMILES string of the molecule is C=C(C/C(=C/C)N=CC(=C)c1cnc(CC)nc1)NCC1=CC=CCC1. The Morgan fingerprint density at radius 3 is 2.69 bits per heavy atom. The molecule has 1 aliphatic carbocycles.